The van der Waals surface area contributed by atoms with Gasteiger partial charge in [-0.1, -0.05) is 36.8 Å². The van der Waals surface area contributed by atoms with Crippen LogP contribution in [-0.2, 0) is 17.8 Å². The maximum Gasteiger partial charge on any atom is 0.328 e. The van der Waals surface area contributed by atoms with Crippen molar-refractivity contribution < 1.29 is 4.74 Å². The highest BCUT2D eigenvalue weighted by Gasteiger charge is 2.11. The number of ether oxygens (including phenoxy) is 1. The van der Waals surface area contributed by atoms with E-state index in [4.69, 9.17) is 4.74 Å². The minimum Gasteiger partial charge on any atom is -0.383 e. The highest BCUT2D eigenvalue weighted by atomic mass is 16.5. The minimum absolute atomic E-state index is 0.156. The lowest BCUT2D eigenvalue weighted by atomic mass is 10.0. The summed E-state index contributed by atoms with van der Waals surface area (Å²) in [5, 5.41) is 3.41. The number of hydrogen-bond donors (Lipinski definition) is 2. The van der Waals surface area contributed by atoms with Crippen molar-refractivity contribution in [2.45, 2.75) is 39.4 Å². The maximum absolute atomic E-state index is 12.0. The van der Waals surface area contributed by atoms with Gasteiger partial charge in [-0.05, 0) is 18.9 Å². The van der Waals surface area contributed by atoms with Crippen LogP contribution in [0.5, 0.6) is 0 Å². The van der Waals surface area contributed by atoms with E-state index >= 15 is 0 Å². The van der Waals surface area contributed by atoms with Crippen LogP contribution in [0.2, 0.25) is 0 Å². The molecule has 1 aromatic heterocycles. The highest BCUT2D eigenvalue weighted by molar-refractivity contribution is 5.25. The van der Waals surface area contributed by atoms with E-state index in [9.17, 15) is 9.59 Å². The van der Waals surface area contributed by atoms with E-state index < -0.39 is 5.69 Å². The largest absolute Gasteiger partial charge is 0.383 e. The second-order valence-corrected chi connectivity index (χ2v) is 5.86. The molecule has 1 aromatic carbocycles. The van der Waals surface area contributed by atoms with E-state index in [1.165, 1.54) is 15.7 Å². The van der Waals surface area contributed by atoms with Gasteiger partial charge in [-0.25, -0.2) is 4.79 Å². The van der Waals surface area contributed by atoms with Crippen molar-refractivity contribution >= 4 is 0 Å². The monoisotopic (exact) mass is 331 g/mol. The summed E-state index contributed by atoms with van der Waals surface area (Å²) in [5.41, 5.74) is 2.18. The van der Waals surface area contributed by atoms with Crippen LogP contribution in [0.1, 0.15) is 36.1 Å². The fourth-order valence-corrected chi connectivity index (χ4v) is 2.65. The van der Waals surface area contributed by atoms with Gasteiger partial charge in [0.2, 0.25) is 0 Å². The molecular formula is C18H25N3O3. The number of hydrogen-bond acceptors (Lipinski definition) is 4. The number of benzene rings is 1. The van der Waals surface area contributed by atoms with Gasteiger partial charge in [-0.15, -0.1) is 0 Å². The van der Waals surface area contributed by atoms with Crippen LogP contribution < -0.4 is 16.6 Å². The van der Waals surface area contributed by atoms with Crippen molar-refractivity contribution in [3.63, 3.8) is 0 Å². The average Bonchev–Trinajstić information content (AvgIpc) is 2.56. The maximum atomic E-state index is 12.0. The smallest absolute Gasteiger partial charge is 0.328 e. The van der Waals surface area contributed by atoms with E-state index in [0.717, 1.165) is 6.42 Å². The summed E-state index contributed by atoms with van der Waals surface area (Å²) >= 11 is 0. The summed E-state index contributed by atoms with van der Waals surface area (Å²) < 4.78 is 6.46. The Kier molecular flexibility index (Phi) is 6.52. The summed E-state index contributed by atoms with van der Waals surface area (Å²) in [6.45, 7) is 5.39. The number of aromatic amines is 1. The Morgan fingerprint density at radius 1 is 1.33 bits per heavy atom. The molecule has 0 aliphatic rings. The van der Waals surface area contributed by atoms with Crippen LogP contribution >= 0.6 is 0 Å². The average molecular weight is 331 g/mol. The molecule has 0 aliphatic carbocycles. The molecule has 6 nitrogen and oxygen atoms in total. The molecule has 0 bridgehead atoms. The van der Waals surface area contributed by atoms with E-state index in [2.05, 4.69) is 42.3 Å². The number of aromatic nitrogens is 2. The van der Waals surface area contributed by atoms with Crippen LogP contribution in [0.4, 0.5) is 0 Å². The topological polar surface area (TPSA) is 76.1 Å². The quantitative estimate of drug-likeness (QED) is 0.772. The van der Waals surface area contributed by atoms with Crippen molar-refractivity contribution in [2.75, 3.05) is 13.7 Å². The molecule has 2 rings (SSSR count). The van der Waals surface area contributed by atoms with Crippen molar-refractivity contribution in [1.82, 2.24) is 14.9 Å². The van der Waals surface area contributed by atoms with Crippen molar-refractivity contribution in [1.29, 1.82) is 0 Å². The number of rotatable bonds is 8. The molecule has 0 spiro atoms. The summed E-state index contributed by atoms with van der Waals surface area (Å²) in [7, 11) is 1.58. The lowest BCUT2D eigenvalue weighted by molar-refractivity contribution is 0.185. The van der Waals surface area contributed by atoms with Gasteiger partial charge in [-0.2, -0.15) is 0 Å². The first-order chi connectivity index (χ1) is 11.5. The van der Waals surface area contributed by atoms with Crippen LogP contribution in [0.15, 0.2) is 40.1 Å². The SMILES string of the molecule is CCC(NCc1cn(CCOC)c(=O)[nH]c1=O)c1cccc(C)c1. The van der Waals surface area contributed by atoms with Crippen molar-refractivity contribution in [3.8, 4) is 0 Å². The Balaban J connectivity index is 2.15. The molecule has 0 fully saturated rings. The zero-order valence-electron chi connectivity index (χ0n) is 14.5. The predicted molar refractivity (Wildman–Crippen MR) is 94.2 cm³/mol. The number of aryl methyl sites for hydroxylation is 1. The molecule has 0 saturated carbocycles. The third-order valence-corrected chi connectivity index (χ3v) is 4.01. The first kappa shape index (κ1) is 18.2. The molecular weight excluding hydrogens is 306 g/mol. The molecule has 2 aromatic rings. The van der Waals surface area contributed by atoms with Gasteiger partial charge in [0, 0.05) is 31.5 Å². The second kappa shape index (κ2) is 8.61. The van der Waals surface area contributed by atoms with Crippen LogP contribution in [0, 0.1) is 6.92 Å². The number of nitrogens with zero attached hydrogens (tertiary/aromatic N) is 1. The van der Waals surface area contributed by atoms with Gasteiger partial charge in [0.25, 0.3) is 5.56 Å². The fraction of sp³-hybridized carbons (Fsp3) is 0.444. The first-order valence-corrected chi connectivity index (χ1v) is 8.16. The van der Waals surface area contributed by atoms with E-state index in [1.54, 1.807) is 13.3 Å². The minimum atomic E-state index is -0.411. The molecule has 0 amide bonds. The van der Waals surface area contributed by atoms with Gasteiger partial charge >= 0.3 is 5.69 Å². The molecule has 0 radical (unpaired) electrons. The van der Waals surface area contributed by atoms with E-state index in [-0.39, 0.29) is 11.6 Å². The summed E-state index contributed by atoms with van der Waals surface area (Å²) in [6.07, 6.45) is 2.51. The standard InChI is InChI=1S/C18H25N3O3/c1-4-16(14-7-5-6-13(2)10-14)19-11-15-12-21(8-9-24-3)18(23)20-17(15)22/h5-7,10,12,16,19H,4,8-9,11H2,1-3H3,(H,20,22,23). The van der Waals surface area contributed by atoms with Gasteiger partial charge < -0.3 is 10.1 Å². The van der Waals surface area contributed by atoms with E-state index in [0.29, 0.717) is 25.3 Å². The Bertz CT molecular complexity index is 780. The predicted octanol–water partition coefficient (Wildman–Crippen LogP) is 1.73. The third kappa shape index (κ3) is 4.66. The van der Waals surface area contributed by atoms with Crippen LogP contribution in [0.25, 0.3) is 0 Å². The summed E-state index contributed by atoms with van der Waals surface area (Å²) in [4.78, 5) is 26.2. The Morgan fingerprint density at radius 3 is 2.79 bits per heavy atom. The Hall–Kier alpha value is -2.18. The molecule has 1 atom stereocenters. The molecule has 130 valence electrons. The lowest BCUT2D eigenvalue weighted by Crippen LogP contribution is -2.34. The molecule has 24 heavy (non-hydrogen) atoms. The number of H-pyrrole nitrogens is 1. The second-order valence-electron chi connectivity index (χ2n) is 5.86. The van der Waals surface area contributed by atoms with Crippen molar-refractivity contribution in [3.05, 3.63) is 68.0 Å². The number of methoxy groups -OCH3 is 1. The number of nitrogens with one attached hydrogen (secondary N) is 2. The fourth-order valence-electron chi connectivity index (χ4n) is 2.65. The zero-order valence-corrected chi connectivity index (χ0v) is 14.5. The van der Waals surface area contributed by atoms with E-state index in [1.807, 2.05) is 6.07 Å². The molecule has 6 heteroatoms. The van der Waals surface area contributed by atoms with Crippen LogP contribution in [-0.4, -0.2) is 23.3 Å². The zero-order chi connectivity index (χ0) is 17.5. The highest BCUT2D eigenvalue weighted by Crippen LogP contribution is 2.17. The Labute approximate surface area is 141 Å². The molecule has 2 N–H and O–H groups in total. The third-order valence-electron chi connectivity index (χ3n) is 4.01. The molecule has 1 unspecified atom stereocenters. The van der Waals surface area contributed by atoms with Gasteiger partial charge in [-0.3, -0.25) is 14.3 Å². The van der Waals surface area contributed by atoms with Gasteiger partial charge in [0.1, 0.15) is 0 Å². The van der Waals surface area contributed by atoms with Gasteiger partial charge in [0.15, 0.2) is 0 Å². The van der Waals surface area contributed by atoms with Crippen LogP contribution in [0.3, 0.4) is 0 Å². The first-order valence-electron chi connectivity index (χ1n) is 8.16. The molecule has 0 saturated heterocycles. The van der Waals surface area contributed by atoms with Crippen molar-refractivity contribution in [2.24, 2.45) is 0 Å². The normalized spacial score (nSPS) is 12.3. The molecule has 1 heterocycles. The molecule has 0 aliphatic heterocycles. The summed E-state index contributed by atoms with van der Waals surface area (Å²) in [6, 6.07) is 8.48. The Morgan fingerprint density at radius 2 is 2.12 bits per heavy atom. The summed E-state index contributed by atoms with van der Waals surface area (Å²) in [5.74, 6) is 0. The lowest BCUT2D eigenvalue weighted by Gasteiger charge is -2.18. The van der Waals surface area contributed by atoms with Gasteiger partial charge in [0.05, 0.1) is 13.2 Å².